The number of sulfonamides is 1. The molecule has 2 amide bonds. The average molecular weight is 422 g/mol. The number of carbonyl (C=O) groups is 2. The molecule has 8 nitrogen and oxygen atoms in total. The zero-order valence-electron chi connectivity index (χ0n) is 16.8. The van der Waals surface area contributed by atoms with Crippen LogP contribution in [0.2, 0.25) is 0 Å². The van der Waals surface area contributed by atoms with E-state index in [2.05, 4.69) is 5.32 Å². The number of nitrogens with zero attached hydrogens (tertiary/aromatic N) is 2. The molecule has 9 heteroatoms. The van der Waals surface area contributed by atoms with Crippen LogP contribution in [0.5, 0.6) is 5.75 Å². The van der Waals surface area contributed by atoms with E-state index in [0.29, 0.717) is 30.0 Å². The molecular formula is C20H27N3O5S. The zero-order chi connectivity index (χ0) is 20.8. The molecule has 0 aliphatic carbocycles. The summed E-state index contributed by atoms with van der Waals surface area (Å²) in [6, 6.07) is 3.12. The second kappa shape index (κ2) is 7.60. The van der Waals surface area contributed by atoms with Gasteiger partial charge in [-0.05, 0) is 51.2 Å². The van der Waals surface area contributed by atoms with E-state index >= 15 is 0 Å². The minimum Gasteiger partial charge on any atom is -0.479 e. The van der Waals surface area contributed by atoms with Gasteiger partial charge in [-0.15, -0.1) is 0 Å². The molecule has 2 saturated heterocycles. The lowest BCUT2D eigenvalue weighted by Gasteiger charge is -2.33. The van der Waals surface area contributed by atoms with Crippen LogP contribution in [0.1, 0.15) is 38.2 Å². The second-order valence-corrected chi connectivity index (χ2v) is 10.0. The molecule has 29 heavy (non-hydrogen) atoms. The summed E-state index contributed by atoms with van der Waals surface area (Å²) in [6.07, 6.45) is 2.74. The van der Waals surface area contributed by atoms with Crippen molar-refractivity contribution in [3.05, 3.63) is 17.7 Å². The van der Waals surface area contributed by atoms with Crippen molar-refractivity contribution in [3.8, 4) is 5.75 Å². The van der Waals surface area contributed by atoms with Crippen LogP contribution in [-0.2, 0) is 19.6 Å². The first kappa shape index (κ1) is 20.2. The van der Waals surface area contributed by atoms with E-state index in [-0.39, 0.29) is 29.2 Å². The third-order valence-electron chi connectivity index (χ3n) is 5.98. The van der Waals surface area contributed by atoms with Gasteiger partial charge in [0.2, 0.25) is 15.9 Å². The second-order valence-electron chi connectivity index (χ2n) is 8.10. The quantitative estimate of drug-likeness (QED) is 0.802. The minimum absolute atomic E-state index is 0.0735. The number of carbonyl (C=O) groups excluding carboxylic acids is 2. The largest absolute Gasteiger partial charge is 0.479 e. The Balaban J connectivity index is 1.58. The maximum atomic E-state index is 13.4. The van der Waals surface area contributed by atoms with Crippen LogP contribution in [-0.4, -0.2) is 61.7 Å². The Bertz CT molecular complexity index is 940. The van der Waals surface area contributed by atoms with Crippen LogP contribution in [0.4, 0.5) is 5.69 Å². The van der Waals surface area contributed by atoms with Gasteiger partial charge in [0.25, 0.3) is 5.91 Å². The lowest BCUT2D eigenvalue weighted by atomic mass is 9.98. The number of hydrogen-bond donors (Lipinski definition) is 1. The van der Waals surface area contributed by atoms with E-state index in [1.54, 1.807) is 19.9 Å². The molecule has 0 bridgehead atoms. The molecule has 2 atom stereocenters. The number of fused-ring (bicyclic) bond motifs is 1. The summed E-state index contributed by atoms with van der Waals surface area (Å²) < 4.78 is 33.8. The molecule has 1 N–H and O–H groups in total. The minimum atomic E-state index is -3.78. The van der Waals surface area contributed by atoms with Gasteiger partial charge in [-0.25, -0.2) is 8.42 Å². The standard InChI is InChI=1S/C20H27N3O5S/c1-13-10-16-17(28-14(2)19(24)21-16)11-18(13)29(26,27)23-9-5-6-15(12-23)20(25)22-7-3-4-8-22/h10-11,14-15H,3-9,12H2,1-2H3,(H,21,24). The van der Waals surface area contributed by atoms with Gasteiger partial charge in [0.1, 0.15) is 5.75 Å². The van der Waals surface area contributed by atoms with Crippen molar-refractivity contribution in [3.63, 3.8) is 0 Å². The van der Waals surface area contributed by atoms with E-state index < -0.39 is 16.1 Å². The lowest BCUT2D eigenvalue weighted by Crippen LogP contribution is -2.46. The Labute approximate surface area is 171 Å². The smallest absolute Gasteiger partial charge is 0.265 e. The number of hydrogen-bond acceptors (Lipinski definition) is 5. The number of rotatable bonds is 3. The van der Waals surface area contributed by atoms with Crippen molar-refractivity contribution in [1.82, 2.24) is 9.21 Å². The highest BCUT2D eigenvalue weighted by atomic mass is 32.2. The fourth-order valence-corrected chi connectivity index (χ4v) is 6.06. The summed E-state index contributed by atoms with van der Waals surface area (Å²) in [5.41, 5.74) is 1.01. The van der Waals surface area contributed by atoms with E-state index in [4.69, 9.17) is 4.74 Å². The summed E-state index contributed by atoms with van der Waals surface area (Å²) in [4.78, 5) is 26.6. The van der Waals surface area contributed by atoms with Crippen molar-refractivity contribution in [1.29, 1.82) is 0 Å². The molecule has 0 saturated carbocycles. The Hall–Kier alpha value is -2.13. The average Bonchev–Trinajstić information content (AvgIpc) is 3.23. The molecule has 2 unspecified atom stereocenters. The molecule has 4 rings (SSSR count). The fourth-order valence-electron chi connectivity index (χ4n) is 4.32. The predicted octanol–water partition coefficient (Wildman–Crippen LogP) is 1.74. The van der Waals surface area contributed by atoms with Crippen molar-refractivity contribution >= 4 is 27.5 Å². The number of benzene rings is 1. The van der Waals surface area contributed by atoms with Gasteiger partial charge in [0.15, 0.2) is 6.10 Å². The van der Waals surface area contributed by atoms with Crippen LogP contribution >= 0.6 is 0 Å². The third-order valence-corrected chi connectivity index (χ3v) is 7.98. The van der Waals surface area contributed by atoms with E-state index in [1.807, 2.05) is 4.90 Å². The van der Waals surface area contributed by atoms with Crippen LogP contribution in [0, 0.1) is 12.8 Å². The molecule has 1 aromatic rings. The van der Waals surface area contributed by atoms with Crippen LogP contribution in [0.3, 0.4) is 0 Å². The number of nitrogens with one attached hydrogen (secondary N) is 1. The highest BCUT2D eigenvalue weighted by Gasteiger charge is 2.37. The summed E-state index contributed by atoms with van der Waals surface area (Å²) in [7, 11) is -3.78. The highest BCUT2D eigenvalue weighted by molar-refractivity contribution is 7.89. The number of piperidine rings is 1. The van der Waals surface area contributed by atoms with Crippen LogP contribution < -0.4 is 10.1 Å². The van der Waals surface area contributed by atoms with Crippen molar-refractivity contribution < 1.29 is 22.7 Å². The molecule has 2 fully saturated rings. The van der Waals surface area contributed by atoms with Gasteiger partial charge < -0.3 is 15.0 Å². The van der Waals surface area contributed by atoms with Gasteiger partial charge in [-0.2, -0.15) is 4.31 Å². The lowest BCUT2D eigenvalue weighted by molar-refractivity contribution is -0.135. The first-order valence-corrected chi connectivity index (χ1v) is 11.6. The van der Waals surface area contributed by atoms with Crippen molar-refractivity contribution in [2.45, 2.75) is 50.5 Å². The monoisotopic (exact) mass is 421 g/mol. The van der Waals surface area contributed by atoms with Crippen LogP contribution in [0.15, 0.2) is 17.0 Å². The molecule has 3 aliphatic heterocycles. The first-order valence-electron chi connectivity index (χ1n) is 10.2. The highest BCUT2D eigenvalue weighted by Crippen LogP contribution is 2.36. The van der Waals surface area contributed by atoms with E-state index in [1.165, 1.54) is 10.4 Å². The SMILES string of the molecule is Cc1cc2c(cc1S(=O)(=O)N1CCCC(C(=O)N3CCCC3)C1)OC(C)C(=O)N2. The van der Waals surface area contributed by atoms with Gasteiger partial charge in [0.05, 0.1) is 16.5 Å². The molecule has 3 heterocycles. The number of aryl methyl sites for hydroxylation is 1. The number of amides is 2. The van der Waals surface area contributed by atoms with Gasteiger partial charge in [-0.3, -0.25) is 9.59 Å². The topological polar surface area (TPSA) is 96.0 Å². The number of likely N-dealkylation sites (tertiary alicyclic amines) is 1. The number of ether oxygens (including phenoxy) is 1. The molecular weight excluding hydrogens is 394 g/mol. The zero-order valence-corrected chi connectivity index (χ0v) is 17.6. The molecule has 0 aromatic heterocycles. The summed E-state index contributed by atoms with van der Waals surface area (Å²) >= 11 is 0. The third kappa shape index (κ3) is 3.73. The summed E-state index contributed by atoms with van der Waals surface area (Å²) in [5.74, 6) is -0.121. The molecule has 158 valence electrons. The Morgan fingerprint density at radius 2 is 1.90 bits per heavy atom. The molecule has 1 aromatic carbocycles. The van der Waals surface area contributed by atoms with E-state index in [0.717, 1.165) is 32.4 Å². The Kier molecular flexibility index (Phi) is 5.29. The molecule has 0 spiro atoms. The Morgan fingerprint density at radius 3 is 2.62 bits per heavy atom. The van der Waals surface area contributed by atoms with Gasteiger partial charge >= 0.3 is 0 Å². The Morgan fingerprint density at radius 1 is 1.17 bits per heavy atom. The molecule has 3 aliphatic rings. The first-order chi connectivity index (χ1) is 13.8. The predicted molar refractivity (Wildman–Crippen MR) is 107 cm³/mol. The maximum absolute atomic E-state index is 13.4. The van der Waals surface area contributed by atoms with Crippen molar-refractivity contribution in [2.75, 3.05) is 31.5 Å². The molecule has 0 radical (unpaired) electrons. The van der Waals surface area contributed by atoms with Gasteiger partial charge in [-0.1, -0.05) is 0 Å². The fraction of sp³-hybridized carbons (Fsp3) is 0.600. The van der Waals surface area contributed by atoms with E-state index in [9.17, 15) is 18.0 Å². The van der Waals surface area contributed by atoms with Crippen LogP contribution in [0.25, 0.3) is 0 Å². The summed E-state index contributed by atoms with van der Waals surface area (Å²) in [5, 5.41) is 2.74. The maximum Gasteiger partial charge on any atom is 0.265 e. The van der Waals surface area contributed by atoms with Crippen molar-refractivity contribution in [2.24, 2.45) is 5.92 Å². The van der Waals surface area contributed by atoms with Gasteiger partial charge in [0, 0.05) is 32.2 Å². The summed E-state index contributed by atoms with van der Waals surface area (Å²) in [6.45, 7) is 5.47. The number of anilines is 1. The normalized spacial score (nSPS) is 25.3.